The Morgan fingerprint density at radius 2 is 1.69 bits per heavy atom. The van der Waals surface area contributed by atoms with Crippen molar-refractivity contribution in [2.24, 2.45) is 0 Å². The Morgan fingerprint density at radius 1 is 1.00 bits per heavy atom. The second-order valence-electron chi connectivity index (χ2n) is 6.44. The van der Waals surface area contributed by atoms with Gasteiger partial charge in [0, 0.05) is 35.8 Å². The Labute approximate surface area is 174 Å². The van der Waals surface area contributed by atoms with Crippen molar-refractivity contribution in [3.63, 3.8) is 0 Å². The van der Waals surface area contributed by atoms with E-state index in [1.165, 1.54) is 7.11 Å². The molecule has 2 aromatic carbocycles. The molecule has 1 heterocycles. The van der Waals surface area contributed by atoms with Gasteiger partial charge in [-0.15, -0.1) is 11.3 Å². The van der Waals surface area contributed by atoms with Gasteiger partial charge in [-0.2, -0.15) is 0 Å². The highest BCUT2D eigenvalue weighted by Gasteiger charge is 2.16. The van der Waals surface area contributed by atoms with Crippen molar-refractivity contribution in [2.75, 3.05) is 27.9 Å². The molecule has 29 heavy (non-hydrogen) atoms. The smallest absolute Gasteiger partial charge is 0.319 e. The number of methoxy groups -OCH3 is 3. The molecule has 0 N–H and O–H groups in total. The number of nitrogens with zero attached hydrogens (tertiary/aromatic N) is 2. The number of aromatic nitrogens is 1. The molecule has 0 aliphatic rings. The molecule has 0 aliphatic heterocycles. The average Bonchev–Trinajstić information content (AvgIpc) is 3.22. The third-order valence-corrected chi connectivity index (χ3v) is 5.38. The SMILES string of the molecule is COC(=O)CN(Cc1cc(OC)cc(OC)c1)Cc1cnc(-c2ccccc2)s1. The Balaban J connectivity index is 1.79. The van der Waals surface area contributed by atoms with Crippen LogP contribution in [0, 0.1) is 0 Å². The summed E-state index contributed by atoms with van der Waals surface area (Å²) >= 11 is 1.62. The van der Waals surface area contributed by atoms with Crippen molar-refractivity contribution in [1.82, 2.24) is 9.88 Å². The zero-order valence-corrected chi connectivity index (χ0v) is 17.6. The van der Waals surface area contributed by atoms with Crippen LogP contribution in [0.5, 0.6) is 11.5 Å². The molecule has 0 spiro atoms. The lowest BCUT2D eigenvalue weighted by Gasteiger charge is -2.21. The number of benzene rings is 2. The lowest BCUT2D eigenvalue weighted by atomic mass is 10.2. The zero-order chi connectivity index (χ0) is 20.6. The lowest BCUT2D eigenvalue weighted by Crippen LogP contribution is -2.29. The summed E-state index contributed by atoms with van der Waals surface area (Å²) in [5.41, 5.74) is 2.07. The predicted molar refractivity (Wildman–Crippen MR) is 113 cm³/mol. The van der Waals surface area contributed by atoms with Crippen LogP contribution >= 0.6 is 11.3 Å². The molecule has 6 nitrogen and oxygen atoms in total. The number of esters is 1. The highest BCUT2D eigenvalue weighted by atomic mass is 32.1. The molecule has 0 atom stereocenters. The van der Waals surface area contributed by atoms with Crippen LogP contribution in [0.15, 0.2) is 54.7 Å². The monoisotopic (exact) mass is 412 g/mol. The Bertz CT molecular complexity index is 921. The fourth-order valence-corrected chi connectivity index (χ4v) is 3.91. The topological polar surface area (TPSA) is 60.9 Å². The number of hydrogen-bond donors (Lipinski definition) is 0. The number of carbonyl (C=O) groups excluding carboxylic acids is 1. The van der Waals surface area contributed by atoms with Gasteiger partial charge in [-0.25, -0.2) is 4.98 Å². The van der Waals surface area contributed by atoms with Gasteiger partial charge in [-0.3, -0.25) is 9.69 Å². The second kappa shape index (κ2) is 10.0. The molecule has 0 unspecified atom stereocenters. The van der Waals surface area contributed by atoms with Crippen LogP contribution in [0.1, 0.15) is 10.4 Å². The van der Waals surface area contributed by atoms with E-state index in [4.69, 9.17) is 14.2 Å². The molecular formula is C22H24N2O4S. The highest BCUT2D eigenvalue weighted by Crippen LogP contribution is 2.27. The minimum absolute atomic E-state index is 0.175. The molecule has 0 bridgehead atoms. The molecule has 152 valence electrons. The summed E-state index contributed by atoms with van der Waals surface area (Å²) < 4.78 is 15.6. The van der Waals surface area contributed by atoms with E-state index < -0.39 is 0 Å². The Kier molecular flexibility index (Phi) is 7.21. The standard InChI is InChI=1S/C22H24N2O4S/c1-26-18-9-16(10-19(11-18)27-2)13-24(15-21(25)28-3)14-20-12-23-22(29-20)17-7-5-4-6-8-17/h4-12H,13-15H2,1-3H3. The van der Waals surface area contributed by atoms with Crippen LogP contribution in [-0.2, 0) is 22.6 Å². The Hall–Kier alpha value is -2.90. The van der Waals surface area contributed by atoms with Crippen LogP contribution in [0.2, 0.25) is 0 Å². The average molecular weight is 413 g/mol. The van der Waals surface area contributed by atoms with Gasteiger partial charge in [0.1, 0.15) is 16.5 Å². The molecule has 0 amide bonds. The molecule has 0 saturated carbocycles. The first kappa shape index (κ1) is 20.8. The summed E-state index contributed by atoms with van der Waals surface area (Å²) in [6.07, 6.45) is 1.86. The summed E-state index contributed by atoms with van der Waals surface area (Å²) in [5, 5.41) is 0.960. The number of ether oxygens (including phenoxy) is 3. The maximum Gasteiger partial charge on any atom is 0.319 e. The van der Waals surface area contributed by atoms with E-state index >= 15 is 0 Å². The van der Waals surface area contributed by atoms with Crippen molar-refractivity contribution < 1.29 is 19.0 Å². The van der Waals surface area contributed by atoms with Crippen LogP contribution in [0.3, 0.4) is 0 Å². The van der Waals surface area contributed by atoms with Gasteiger partial charge in [-0.1, -0.05) is 30.3 Å². The fourth-order valence-electron chi connectivity index (χ4n) is 2.95. The zero-order valence-electron chi connectivity index (χ0n) is 16.8. The molecule has 3 rings (SSSR count). The third-order valence-electron chi connectivity index (χ3n) is 4.35. The summed E-state index contributed by atoms with van der Waals surface area (Å²) in [6, 6.07) is 15.8. The van der Waals surface area contributed by atoms with Crippen LogP contribution in [0.25, 0.3) is 10.6 Å². The van der Waals surface area contributed by atoms with E-state index in [0.29, 0.717) is 24.6 Å². The van der Waals surface area contributed by atoms with Crippen molar-refractivity contribution in [3.8, 4) is 22.1 Å². The first-order valence-electron chi connectivity index (χ1n) is 9.12. The normalized spacial score (nSPS) is 10.8. The molecule has 0 fully saturated rings. The molecule has 3 aromatic rings. The van der Waals surface area contributed by atoms with Gasteiger partial charge in [-0.05, 0) is 17.7 Å². The van der Waals surface area contributed by atoms with Crippen molar-refractivity contribution in [3.05, 3.63) is 65.2 Å². The first-order chi connectivity index (χ1) is 14.1. The maximum absolute atomic E-state index is 12.0. The summed E-state index contributed by atoms with van der Waals surface area (Å²) in [6.45, 7) is 1.30. The number of carbonyl (C=O) groups is 1. The quantitative estimate of drug-likeness (QED) is 0.495. The van der Waals surface area contributed by atoms with Gasteiger partial charge in [0.2, 0.25) is 0 Å². The first-order valence-corrected chi connectivity index (χ1v) is 9.94. The minimum Gasteiger partial charge on any atom is -0.497 e. The fraction of sp³-hybridized carbons (Fsp3) is 0.273. The van der Waals surface area contributed by atoms with Crippen molar-refractivity contribution >= 4 is 17.3 Å². The van der Waals surface area contributed by atoms with Crippen molar-refractivity contribution in [1.29, 1.82) is 0 Å². The molecule has 0 saturated heterocycles. The molecule has 7 heteroatoms. The van der Waals surface area contributed by atoms with Crippen molar-refractivity contribution in [2.45, 2.75) is 13.1 Å². The summed E-state index contributed by atoms with van der Waals surface area (Å²) in [7, 11) is 4.63. The van der Waals surface area contributed by atoms with E-state index in [2.05, 4.69) is 4.98 Å². The van der Waals surface area contributed by atoms with E-state index in [0.717, 1.165) is 21.0 Å². The van der Waals surface area contributed by atoms with Gasteiger partial charge in [0.25, 0.3) is 0 Å². The molecule has 0 radical (unpaired) electrons. The van der Waals surface area contributed by atoms with Crippen LogP contribution < -0.4 is 9.47 Å². The minimum atomic E-state index is -0.285. The third kappa shape index (κ3) is 5.79. The summed E-state index contributed by atoms with van der Waals surface area (Å²) in [5.74, 6) is 1.13. The lowest BCUT2D eigenvalue weighted by molar-refractivity contribution is -0.142. The number of hydrogen-bond acceptors (Lipinski definition) is 7. The molecule has 0 aliphatic carbocycles. The second-order valence-corrected chi connectivity index (χ2v) is 7.56. The van der Waals surface area contributed by atoms with Gasteiger partial charge < -0.3 is 14.2 Å². The van der Waals surface area contributed by atoms with E-state index in [9.17, 15) is 4.79 Å². The van der Waals surface area contributed by atoms with Gasteiger partial charge >= 0.3 is 5.97 Å². The maximum atomic E-state index is 12.0. The number of thiazole rings is 1. The predicted octanol–water partition coefficient (Wildman–Crippen LogP) is 4.00. The largest absolute Gasteiger partial charge is 0.497 e. The highest BCUT2D eigenvalue weighted by molar-refractivity contribution is 7.15. The van der Waals surface area contributed by atoms with Crippen LogP contribution in [0.4, 0.5) is 0 Å². The van der Waals surface area contributed by atoms with Crippen LogP contribution in [-0.4, -0.2) is 43.7 Å². The molecule has 1 aromatic heterocycles. The van der Waals surface area contributed by atoms with Gasteiger partial charge in [0.15, 0.2) is 0 Å². The van der Waals surface area contributed by atoms with E-state index in [-0.39, 0.29) is 12.5 Å². The van der Waals surface area contributed by atoms with E-state index in [1.54, 1.807) is 25.6 Å². The Morgan fingerprint density at radius 3 is 2.31 bits per heavy atom. The number of rotatable bonds is 9. The molecular weight excluding hydrogens is 388 g/mol. The van der Waals surface area contributed by atoms with Gasteiger partial charge in [0.05, 0.1) is 27.9 Å². The summed E-state index contributed by atoms with van der Waals surface area (Å²) in [4.78, 5) is 19.6. The van der Waals surface area contributed by atoms with E-state index in [1.807, 2.05) is 59.6 Å².